The minimum absolute atomic E-state index is 0.0504. The van der Waals surface area contributed by atoms with Crippen molar-refractivity contribution in [1.82, 2.24) is 9.80 Å². The molecule has 0 radical (unpaired) electrons. The first-order valence-electron chi connectivity index (χ1n) is 9.69. The first-order chi connectivity index (χ1) is 13.6. The van der Waals surface area contributed by atoms with Crippen molar-refractivity contribution < 1.29 is 24.3 Å². The van der Waals surface area contributed by atoms with Crippen molar-refractivity contribution in [1.29, 1.82) is 0 Å². The summed E-state index contributed by atoms with van der Waals surface area (Å²) >= 11 is 0. The van der Waals surface area contributed by atoms with Crippen LogP contribution in [0.25, 0.3) is 0 Å². The molecule has 2 heterocycles. The highest BCUT2D eigenvalue weighted by Crippen LogP contribution is 2.27. The van der Waals surface area contributed by atoms with Gasteiger partial charge in [0.05, 0.1) is 17.7 Å². The highest BCUT2D eigenvalue weighted by atomic mass is 16.9. The van der Waals surface area contributed by atoms with E-state index in [1.54, 1.807) is 18.2 Å². The maximum absolute atomic E-state index is 12.6. The number of nitrogens with zero attached hydrogens (tertiary/aromatic N) is 3. The normalized spacial score (nSPS) is 16.9. The summed E-state index contributed by atoms with van der Waals surface area (Å²) in [4.78, 5) is 42.9. The molecular weight excluding hydrogens is 366 g/mol. The topological polar surface area (TPSA) is 102 Å². The Labute approximate surface area is 163 Å². The largest absolute Gasteiger partial charge is 0.492 e. The summed E-state index contributed by atoms with van der Waals surface area (Å²) in [5, 5.41) is 9.27. The Balaban J connectivity index is 1.50. The summed E-state index contributed by atoms with van der Waals surface area (Å²) in [6, 6.07) is 4.97. The van der Waals surface area contributed by atoms with Crippen molar-refractivity contribution in [2.45, 2.75) is 32.1 Å². The second-order valence-electron chi connectivity index (χ2n) is 6.98. The van der Waals surface area contributed by atoms with E-state index >= 15 is 0 Å². The molecule has 0 aliphatic carbocycles. The van der Waals surface area contributed by atoms with Crippen LogP contribution >= 0.6 is 0 Å². The molecule has 152 valence electrons. The second kappa shape index (κ2) is 9.50. The van der Waals surface area contributed by atoms with Crippen molar-refractivity contribution >= 4 is 11.8 Å². The van der Waals surface area contributed by atoms with Gasteiger partial charge in [0.1, 0.15) is 12.4 Å². The number of carbonyl (C=O) groups excluding carboxylic acids is 2. The van der Waals surface area contributed by atoms with E-state index in [0.29, 0.717) is 36.3 Å². The fourth-order valence-corrected chi connectivity index (χ4v) is 3.55. The number of imide groups is 1. The molecule has 28 heavy (non-hydrogen) atoms. The van der Waals surface area contributed by atoms with E-state index in [-0.39, 0.29) is 25.0 Å². The Morgan fingerprint density at radius 3 is 2.46 bits per heavy atom. The van der Waals surface area contributed by atoms with Gasteiger partial charge in [-0.1, -0.05) is 6.42 Å². The van der Waals surface area contributed by atoms with Gasteiger partial charge in [0, 0.05) is 13.1 Å². The van der Waals surface area contributed by atoms with Crippen LogP contribution in [0.1, 0.15) is 52.8 Å². The van der Waals surface area contributed by atoms with Gasteiger partial charge in [0.15, 0.2) is 0 Å². The summed E-state index contributed by atoms with van der Waals surface area (Å²) in [6.07, 6.45) is 4.57. The summed E-state index contributed by atoms with van der Waals surface area (Å²) in [6.45, 7) is 3.75. The van der Waals surface area contributed by atoms with Crippen LogP contribution in [0.5, 0.6) is 5.75 Å². The van der Waals surface area contributed by atoms with Gasteiger partial charge in [-0.3, -0.25) is 19.4 Å². The highest BCUT2D eigenvalue weighted by molar-refractivity contribution is 6.21. The summed E-state index contributed by atoms with van der Waals surface area (Å²) in [5.74, 6) is -0.107. The molecule has 1 saturated heterocycles. The molecule has 9 heteroatoms. The molecule has 1 aromatic rings. The number of piperidine rings is 1. The molecule has 1 fully saturated rings. The van der Waals surface area contributed by atoms with Crippen LogP contribution in [-0.2, 0) is 4.84 Å². The lowest BCUT2D eigenvalue weighted by Gasteiger charge is -2.26. The van der Waals surface area contributed by atoms with Crippen LogP contribution in [0.2, 0.25) is 0 Å². The predicted octanol–water partition coefficient (Wildman–Crippen LogP) is 2.14. The lowest BCUT2D eigenvalue weighted by molar-refractivity contribution is -0.757. The SMILES string of the molecule is O=C1c2ccc(OCCN3CCCCC3)cc2C(=O)N1CCCCO[N+](=O)[O-]. The molecule has 3 rings (SSSR count). The van der Waals surface area contributed by atoms with E-state index in [1.807, 2.05) is 0 Å². The minimum Gasteiger partial charge on any atom is -0.492 e. The lowest BCUT2D eigenvalue weighted by atomic mass is 10.1. The van der Waals surface area contributed by atoms with Gasteiger partial charge < -0.3 is 9.57 Å². The van der Waals surface area contributed by atoms with Crippen molar-refractivity contribution in [3.05, 3.63) is 39.4 Å². The molecule has 0 spiro atoms. The van der Waals surface area contributed by atoms with E-state index in [9.17, 15) is 19.7 Å². The molecule has 0 bridgehead atoms. The molecular formula is C19H25N3O6. The Morgan fingerprint density at radius 2 is 1.71 bits per heavy atom. The van der Waals surface area contributed by atoms with Crippen LogP contribution in [0.15, 0.2) is 18.2 Å². The molecule has 0 unspecified atom stereocenters. The highest BCUT2D eigenvalue weighted by Gasteiger charge is 2.35. The summed E-state index contributed by atoms with van der Waals surface area (Å²) in [7, 11) is 0. The van der Waals surface area contributed by atoms with E-state index < -0.39 is 5.09 Å². The zero-order valence-corrected chi connectivity index (χ0v) is 15.8. The predicted molar refractivity (Wildman–Crippen MR) is 99.8 cm³/mol. The van der Waals surface area contributed by atoms with Crippen molar-refractivity contribution in [2.24, 2.45) is 0 Å². The third-order valence-electron chi connectivity index (χ3n) is 5.04. The number of amides is 2. The average molecular weight is 391 g/mol. The first kappa shape index (κ1) is 20.1. The fraction of sp³-hybridized carbons (Fsp3) is 0.579. The van der Waals surface area contributed by atoms with Gasteiger partial charge in [-0.2, -0.15) is 0 Å². The Hall–Kier alpha value is -2.68. The van der Waals surface area contributed by atoms with Gasteiger partial charge in [-0.25, -0.2) is 0 Å². The number of carbonyl (C=O) groups is 2. The van der Waals surface area contributed by atoms with E-state index in [0.717, 1.165) is 19.6 Å². The number of hydrogen-bond acceptors (Lipinski definition) is 7. The van der Waals surface area contributed by atoms with Gasteiger partial charge >= 0.3 is 0 Å². The molecule has 9 nitrogen and oxygen atoms in total. The number of fused-ring (bicyclic) bond motifs is 1. The first-order valence-corrected chi connectivity index (χ1v) is 9.69. The molecule has 2 amide bonds. The van der Waals surface area contributed by atoms with Crippen molar-refractivity contribution in [3.63, 3.8) is 0 Å². The molecule has 0 atom stereocenters. The second-order valence-corrected chi connectivity index (χ2v) is 6.98. The van der Waals surface area contributed by atoms with Crippen LogP contribution in [-0.4, -0.2) is 66.1 Å². The Bertz CT molecular complexity index is 732. The third-order valence-corrected chi connectivity index (χ3v) is 5.04. The molecule has 2 aliphatic rings. The van der Waals surface area contributed by atoms with E-state index in [4.69, 9.17) is 4.74 Å². The molecule has 0 N–H and O–H groups in total. The van der Waals surface area contributed by atoms with Crippen molar-refractivity contribution in [3.8, 4) is 5.75 Å². The number of likely N-dealkylation sites (tertiary alicyclic amines) is 1. The molecule has 0 saturated carbocycles. The van der Waals surface area contributed by atoms with Gasteiger partial charge in [-0.05, 0) is 57.0 Å². The van der Waals surface area contributed by atoms with Crippen LogP contribution in [0.4, 0.5) is 0 Å². The average Bonchev–Trinajstić information content (AvgIpc) is 2.92. The van der Waals surface area contributed by atoms with Crippen LogP contribution in [0, 0.1) is 10.1 Å². The quantitative estimate of drug-likeness (QED) is 0.261. The maximum Gasteiger partial charge on any atom is 0.294 e. The van der Waals surface area contributed by atoms with Crippen LogP contribution < -0.4 is 4.74 Å². The van der Waals surface area contributed by atoms with E-state index in [2.05, 4.69) is 9.74 Å². The summed E-state index contributed by atoms with van der Waals surface area (Å²) in [5.41, 5.74) is 0.719. The monoisotopic (exact) mass is 391 g/mol. The maximum atomic E-state index is 12.6. The van der Waals surface area contributed by atoms with Gasteiger partial charge in [0.2, 0.25) is 0 Å². The zero-order chi connectivity index (χ0) is 19.9. The smallest absolute Gasteiger partial charge is 0.294 e. The Morgan fingerprint density at radius 1 is 0.964 bits per heavy atom. The van der Waals surface area contributed by atoms with E-state index in [1.165, 1.54) is 24.2 Å². The third kappa shape index (κ3) is 4.98. The van der Waals surface area contributed by atoms with Crippen molar-refractivity contribution in [2.75, 3.05) is 39.4 Å². The number of benzene rings is 1. The number of unbranched alkanes of at least 4 members (excludes halogenated alkanes) is 1. The standard InChI is InChI=1S/C19H25N3O6/c23-18-16-7-6-15(27-13-11-20-8-2-1-3-9-20)14-17(16)19(24)21(18)10-4-5-12-28-22(25)26/h6-7,14H,1-5,8-13H2. The molecule has 0 aromatic heterocycles. The fourth-order valence-electron chi connectivity index (χ4n) is 3.55. The zero-order valence-electron chi connectivity index (χ0n) is 15.8. The van der Waals surface area contributed by atoms with Gasteiger partial charge in [0.25, 0.3) is 16.9 Å². The number of hydrogen-bond donors (Lipinski definition) is 0. The number of ether oxygens (including phenoxy) is 1. The Kier molecular flexibility index (Phi) is 6.80. The minimum atomic E-state index is -0.852. The summed E-state index contributed by atoms with van der Waals surface area (Å²) < 4.78 is 5.78. The number of rotatable bonds is 10. The molecule has 1 aromatic carbocycles. The van der Waals surface area contributed by atoms with Gasteiger partial charge in [-0.15, -0.1) is 10.1 Å². The van der Waals surface area contributed by atoms with Crippen LogP contribution in [0.3, 0.4) is 0 Å². The molecule has 2 aliphatic heterocycles. The lowest BCUT2D eigenvalue weighted by Crippen LogP contribution is -2.33.